The van der Waals surface area contributed by atoms with Crippen molar-refractivity contribution >= 4 is 65.8 Å². The lowest BCUT2D eigenvalue weighted by molar-refractivity contribution is 0.402. The van der Waals surface area contributed by atoms with Crippen molar-refractivity contribution in [1.29, 1.82) is 0 Å². The zero-order valence-corrected chi connectivity index (χ0v) is 41.3. The molecular formula is C70H51NO2. The molecule has 15 rings (SSSR count). The number of para-hydroxylation sites is 1. The Morgan fingerprint density at radius 1 is 0.452 bits per heavy atom. The van der Waals surface area contributed by atoms with Crippen molar-refractivity contribution in [3.63, 3.8) is 0 Å². The quantitative estimate of drug-likeness (QED) is 0.161. The predicted molar refractivity (Wildman–Crippen MR) is 303 cm³/mol. The summed E-state index contributed by atoms with van der Waals surface area (Å²) in [6.07, 6.45) is 5.06. The van der Waals surface area contributed by atoms with E-state index in [1.165, 1.54) is 88.4 Å². The fourth-order valence-electron chi connectivity index (χ4n) is 14.1. The van der Waals surface area contributed by atoms with Gasteiger partial charge in [-0.1, -0.05) is 201 Å². The van der Waals surface area contributed by atoms with E-state index < -0.39 is 16.4 Å². The van der Waals surface area contributed by atoms with E-state index in [9.17, 15) is 0 Å². The summed E-state index contributed by atoms with van der Waals surface area (Å²) in [4.78, 5) is 2.63. The van der Waals surface area contributed by atoms with E-state index in [1.807, 2.05) is 0 Å². The van der Waals surface area contributed by atoms with Gasteiger partial charge in [-0.2, -0.15) is 0 Å². The van der Waals surface area contributed by atoms with Gasteiger partial charge in [-0.15, -0.1) is 0 Å². The molecule has 0 radical (unpaired) electrons. The van der Waals surface area contributed by atoms with Crippen LogP contribution in [0.15, 0.2) is 251 Å². The van der Waals surface area contributed by atoms with Gasteiger partial charge in [0.15, 0.2) is 0 Å². The van der Waals surface area contributed by atoms with Gasteiger partial charge < -0.3 is 13.7 Å². The second-order valence-corrected chi connectivity index (χ2v) is 21.2. The van der Waals surface area contributed by atoms with Gasteiger partial charge >= 0.3 is 0 Å². The van der Waals surface area contributed by atoms with Gasteiger partial charge in [0.2, 0.25) is 0 Å². The Kier molecular flexibility index (Phi) is 8.75. The number of furan rings is 2. The maximum atomic E-state index is 7.44. The van der Waals surface area contributed by atoms with Crippen molar-refractivity contribution in [2.24, 2.45) is 0 Å². The molecule has 3 nitrogen and oxygen atoms in total. The monoisotopic (exact) mass is 937 g/mol. The van der Waals surface area contributed by atoms with Crippen molar-refractivity contribution in [1.82, 2.24) is 0 Å². The zero-order valence-electron chi connectivity index (χ0n) is 41.3. The molecule has 2 aromatic heterocycles. The Labute approximate surface area is 425 Å². The van der Waals surface area contributed by atoms with Crippen LogP contribution in [0.4, 0.5) is 11.4 Å². The largest absolute Gasteiger partial charge is 0.459 e. The second-order valence-electron chi connectivity index (χ2n) is 21.2. The third-order valence-corrected chi connectivity index (χ3v) is 17.3. The molecule has 0 saturated heterocycles. The molecule has 4 atom stereocenters. The molecule has 1 aliphatic heterocycles. The molecule has 12 aromatic rings. The van der Waals surface area contributed by atoms with Gasteiger partial charge in [0.05, 0.1) is 5.54 Å². The highest BCUT2D eigenvalue weighted by atomic mass is 16.3. The lowest BCUT2D eigenvalue weighted by Gasteiger charge is -2.60. The fraction of sp³-hybridized carbons (Fsp3) is 0.114. The molecule has 0 N–H and O–H groups in total. The smallest absolute Gasteiger partial charge is 0.143 e. The number of anilines is 2. The minimum Gasteiger partial charge on any atom is -0.459 e. The minimum absolute atomic E-state index is 0.0695. The van der Waals surface area contributed by atoms with Gasteiger partial charge in [-0.3, -0.25) is 0 Å². The lowest BCUT2D eigenvalue weighted by Crippen LogP contribution is -2.59. The molecule has 3 heteroatoms. The average molecular weight is 938 g/mol. The Morgan fingerprint density at radius 2 is 1.05 bits per heavy atom. The summed E-state index contributed by atoms with van der Waals surface area (Å²) >= 11 is 0. The minimum atomic E-state index is -0.591. The molecular weight excluding hydrogens is 887 g/mol. The summed E-state index contributed by atoms with van der Waals surface area (Å²) in [5, 5.41) is 8.12. The second kappa shape index (κ2) is 15.2. The van der Waals surface area contributed by atoms with Crippen LogP contribution in [-0.4, -0.2) is 5.54 Å². The van der Waals surface area contributed by atoms with E-state index in [4.69, 9.17) is 8.83 Å². The molecule has 73 heavy (non-hydrogen) atoms. The molecule has 3 heterocycles. The molecule has 348 valence electrons. The summed E-state index contributed by atoms with van der Waals surface area (Å²) in [5.74, 6) is 0.979. The Morgan fingerprint density at radius 3 is 1.78 bits per heavy atom. The van der Waals surface area contributed by atoms with E-state index in [0.717, 1.165) is 44.4 Å². The number of benzene rings is 10. The van der Waals surface area contributed by atoms with Gasteiger partial charge in [-0.25, -0.2) is 0 Å². The van der Waals surface area contributed by atoms with Crippen LogP contribution in [0, 0.1) is 0 Å². The lowest BCUT2D eigenvalue weighted by atomic mass is 9.49. The van der Waals surface area contributed by atoms with Crippen LogP contribution in [0.2, 0.25) is 0 Å². The van der Waals surface area contributed by atoms with Crippen LogP contribution in [0.3, 0.4) is 0 Å². The molecule has 4 unspecified atom stereocenters. The number of nitrogens with zero attached hydrogens (tertiary/aromatic N) is 1. The van der Waals surface area contributed by atoms with Crippen LogP contribution in [0.25, 0.3) is 87.8 Å². The third kappa shape index (κ3) is 5.71. The van der Waals surface area contributed by atoms with E-state index in [1.54, 1.807) is 0 Å². The van der Waals surface area contributed by atoms with Gasteiger partial charge in [-0.05, 0) is 124 Å². The summed E-state index contributed by atoms with van der Waals surface area (Å²) < 4.78 is 14.3. The van der Waals surface area contributed by atoms with Crippen molar-refractivity contribution in [3.05, 3.63) is 264 Å². The number of rotatable bonds is 5. The van der Waals surface area contributed by atoms with E-state index >= 15 is 0 Å². The van der Waals surface area contributed by atoms with Crippen molar-refractivity contribution in [3.8, 4) is 33.4 Å². The normalized spacial score (nSPS) is 21.0. The SMILES string of the molecule is CC1C2=C3C(C)(c4ccccc4N(c4ccc(-c5ccc(-c6ccccc6)c(-c6ccccc6)c5)cc4)C3(C)C=CC2(C)c2cccc3oc4c5ccccc5ccc4c23)c2c1oc1c2ccc2ccccc21. The first-order valence-corrected chi connectivity index (χ1v) is 25.7. The van der Waals surface area contributed by atoms with Crippen LogP contribution in [-0.2, 0) is 10.8 Å². The van der Waals surface area contributed by atoms with Crippen LogP contribution in [0.1, 0.15) is 56.1 Å². The average Bonchev–Trinajstić information content (AvgIpc) is 4.10. The Balaban J connectivity index is 0.964. The zero-order chi connectivity index (χ0) is 48.8. The topological polar surface area (TPSA) is 29.5 Å². The highest BCUT2D eigenvalue weighted by Gasteiger charge is 2.61. The maximum Gasteiger partial charge on any atom is 0.143 e. The standard InChI is InChI=1S/C70H51NO2/c1-43-62-67-69(3,41-40-68(62,2)58-27-17-29-60-61(58)54-38-32-47-22-11-13-24-52(47)65(54)72-60)71(59-28-16-15-26-57(59)70(67,4)63-55-39-33-48-23-12-14-25-53(48)66(55)73-64(43)63)50-35-30-44(31-36-50)49-34-37-51(45-18-7-5-8-19-45)56(42-49)46-20-9-6-10-21-46/h5-43H,1-4H3. The highest BCUT2D eigenvalue weighted by molar-refractivity contribution is 6.16. The predicted octanol–water partition coefficient (Wildman–Crippen LogP) is 18.8. The Hall–Kier alpha value is -8.66. The maximum absolute atomic E-state index is 7.44. The molecule has 0 bridgehead atoms. The van der Waals surface area contributed by atoms with Crippen molar-refractivity contribution in [2.45, 2.75) is 50.0 Å². The number of allylic oxidation sites excluding steroid dienone is 2. The van der Waals surface area contributed by atoms with Gasteiger partial charge in [0.25, 0.3) is 0 Å². The highest BCUT2D eigenvalue weighted by Crippen LogP contribution is 2.68. The molecule has 10 aromatic carbocycles. The number of hydrogen-bond donors (Lipinski definition) is 0. The van der Waals surface area contributed by atoms with Crippen LogP contribution < -0.4 is 4.90 Å². The van der Waals surface area contributed by atoms with Crippen molar-refractivity contribution in [2.75, 3.05) is 4.90 Å². The first-order valence-electron chi connectivity index (χ1n) is 25.7. The number of hydrogen-bond acceptors (Lipinski definition) is 3. The molecule has 0 spiro atoms. The summed E-state index contributed by atoms with van der Waals surface area (Å²) in [7, 11) is 0. The van der Waals surface area contributed by atoms with Gasteiger partial charge in [0.1, 0.15) is 22.5 Å². The van der Waals surface area contributed by atoms with E-state index in [-0.39, 0.29) is 5.92 Å². The number of fused-ring (bicyclic) bond motifs is 13. The molecule has 0 fully saturated rings. The first kappa shape index (κ1) is 42.1. The molecule has 0 saturated carbocycles. The molecule has 3 aliphatic rings. The van der Waals surface area contributed by atoms with Crippen LogP contribution in [0.5, 0.6) is 0 Å². The summed E-state index contributed by atoms with van der Waals surface area (Å²) in [6, 6.07) is 79.9. The Bertz CT molecular complexity index is 4330. The molecule has 0 amide bonds. The molecule has 2 aliphatic carbocycles. The summed E-state index contributed by atoms with van der Waals surface area (Å²) in [5.41, 5.74) is 17.2. The van der Waals surface area contributed by atoms with Crippen molar-refractivity contribution < 1.29 is 8.83 Å². The van der Waals surface area contributed by atoms with Gasteiger partial charge in [0, 0.05) is 60.6 Å². The van der Waals surface area contributed by atoms with E-state index in [2.05, 4.69) is 263 Å². The van der Waals surface area contributed by atoms with E-state index in [0.29, 0.717) is 0 Å². The van der Waals surface area contributed by atoms with Crippen LogP contribution >= 0.6 is 0 Å². The summed E-state index contributed by atoms with van der Waals surface area (Å²) in [6.45, 7) is 9.81. The fourth-order valence-corrected chi connectivity index (χ4v) is 14.1. The third-order valence-electron chi connectivity index (χ3n) is 17.3. The first-order chi connectivity index (χ1) is 35.7.